The summed E-state index contributed by atoms with van der Waals surface area (Å²) in [5, 5.41) is 8.23. The number of halogens is 2. The van der Waals surface area contributed by atoms with E-state index in [9.17, 15) is 0 Å². The van der Waals surface area contributed by atoms with E-state index >= 15 is 0 Å². The lowest BCUT2D eigenvalue weighted by molar-refractivity contribution is 0.190. The minimum absolute atomic E-state index is 0.184. The van der Waals surface area contributed by atoms with Crippen molar-refractivity contribution in [1.82, 2.24) is 20.4 Å². The van der Waals surface area contributed by atoms with Gasteiger partial charge < -0.3 is 9.84 Å². The summed E-state index contributed by atoms with van der Waals surface area (Å²) in [5.41, 5.74) is 1.14. The van der Waals surface area contributed by atoms with Crippen LogP contribution in [0.15, 0.2) is 27.2 Å². The number of benzene rings is 1. The second-order valence-corrected chi connectivity index (χ2v) is 6.77. The van der Waals surface area contributed by atoms with Crippen molar-refractivity contribution in [2.75, 3.05) is 26.7 Å². The van der Waals surface area contributed by atoms with Crippen LogP contribution in [0.2, 0.25) is 5.02 Å². The van der Waals surface area contributed by atoms with E-state index in [4.69, 9.17) is 16.1 Å². The smallest absolute Gasteiger partial charge is 0.227 e. The fourth-order valence-electron chi connectivity index (χ4n) is 2.58. The van der Waals surface area contributed by atoms with Crippen molar-refractivity contribution in [3.05, 3.63) is 45.0 Å². The van der Waals surface area contributed by atoms with Gasteiger partial charge in [-0.05, 0) is 37.2 Å². The van der Waals surface area contributed by atoms with Crippen LogP contribution in [0.1, 0.15) is 23.3 Å². The number of nitrogens with one attached hydrogen (secondary N) is 1. The molecule has 0 spiro atoms. The van der Waals surface area contributed by atoms with Crippen LogP contribution in [0.5, 0.6) is 0 Å². The van der Waals surface area contributed by atoms with E-state index < -0.39 is 0 Å². The van der Waals surface area contributed by atoms with Gasteiger partial charge in [0.2, 0.25) is 5.89 Å². The molecule has 2 aromatic rings. The average molecular weight is 386 g/mol. The second-order valence-electron chi connectivity index (χ2n) is 5.48. The van der Waals surface area contributed by atoms with Gasteiger partial charge in [-0.2, -0.15) is 4.98 Å². The summed E-state index contributed by atoms with van der Waals surface area (Å²) in [7, 11) is 2.09. The first kappa shape index (κ1) is 15.9. The number of likely N-dealkylation sites (N-methyl/N-ethyl adjacent to an activating group) is 1. The maximum Gasteiger partial charge on any atom is 0.227 e. The summed E-state index contributed by atoms with van der Waals surface area (Å²) in [5.74, 6) is 1.43. The average Bonchev–Trinajstić information content (AvgIpc) is 2.97. The van der Waals surface area contributed by atoms with E-state index in [0.717, 1.165) is 46.9 Å². The maximum atomic E-state index is 6.04. The zero-order chi connectivity index (χ0) is 15.5. The Morgan fingerprint density at radius 1 is 1.45 bits per heavy atom. The third-order valence-corrected chi connectivity index (χ3v) is 4.92. The first-order valence-electron chi connectivity index (χ1n) is 7.31. The first-order chi connectivity index (χ1) is 10.6. The van der Waals surface area contributed by atoms with Crippen molar-refractivity contribution in [3.63, 3.8) is 0 Å². The molecule has 1 unspecified atom stereocenters. The van der Waals surface area contributed by atoms with E-state index in [1.165, 1.54) is 0 Å². The van der Waals surface area contributed by atoms with Crippen molar-refractivity contribution in [3.8, 4) is 0 Å². The number of piperazine rings is 1. The van der Waals surface area contributed by atoms with Gasteiger partial charge in [-0.15, -0.1) is 0 Å². The molecule has 0 bridgehead atoms. The van der Waals surface area contributed by atoms with Gasteiger partial charge in [0.1, 0.15) is 0 Å². The van der Waals surface area contributed by atoms with Gasteiger partial charge in [0.05, 0.1) is 6.04 Å². The summed E-state index contributed by atoms with van der Waals surface area (Å²) in [4.78, 5) is 6.79. The number of hydrogen-bond acceptors (Lipinski definition) is 5. The van der Waals surface area contributed by atoms with E-state index in [-0.39, 0.29) is 6.04 Å². The van der Waals surface area contributed by atoms with E-state index in [1.807, 2.05) is 18.2 Å². The molecule has 1 atom stereocenters. The molecule has 1 aliphatic heterocycles. The highest BCUT2D eigenvalue weighted by Crippen LogP contribution is 2.23. The molecule has 22 heavy (non-hydrogen) atoms. The van der Waals surface area contributed by atoms with Gasteiger partial charge in [0.15, 0.2) is 5.82 Å². The topological polar surface area (TPSA) is 54.2 Å². The first-order valence-corrected chi connectivity index (χ1v) is 8.48. The zero-order valence-electron chi connectivity index (χ0n) is 12.4. The molecule has 1 aliphatic rings. The molecule has 0 radical (unpaired) electrons. The van der Waals surface area contributed by atoms with Crippen LogP contribution in [0.4, 0.5) is 0 Å². The molecule has 2 heterocycles. The lowest BCUT2D eigenvalue weighted by Crippen LogP contribution is -2.44. The minimum atomic E-state index is 0.184. The standard InChI is InChI=1S/C15H18BrClN4O/c1-21-7-6-18-9-13(21)15-19-14(22-20-15)5-2-10-8-11(17)3-4-12(10)16/h3-4,8,13,18H,2,5-7,9H2,1H3. The number of rotatable bonds is 4. The molecule has 7 heteroatoms. The highest BCUT2D eigenvalue weighted by Gasteiger charge is 2.25. The van der Waals surface area contributed by atoms with Crippen LogP contribution < -0.4 is 5.32 Å². The largest absolute Gasteiger partial charge is 0.339 e. The quantitative estimate of drug-likeness (QED) is 0.877. The van der Waals surface area contributed by atoms with E-state index in [2.05, 4.69) is 43.3 Å². The predicted octanol–water partition coefficient (Wildman–Crippen LogP) is 2.85. The molecule has 0 saturated carbocycles. The zero-order valence-corrected chi connectivity index (χ0v) is 14.7. The Morgan fingerprint density at radius 3 is 3.14 bits per heavy atom. The summed E-state index contributed by atoms with van der Waals surface area (Å²) >= 11 is 9.57. The molecule has 1 aromatic carbocycles. The van der Waals surface area contributed by atoms with Crippen molar-refractivity contribution in [2.24, 2.45) is 0 Å². The molecule has 0 aliphatic carbocycles. The van der Waals surface area contributed by atoms with Gasteiger partial charge in [-0.1, -0.05) is 32.7 Å². The molecule has 1 fully saturated rings. The number of nitrogens with zero attached hydrogens (tertiary/aromatic N) is 3. The highest BCUT2D eigenvalue weighted by molar-refractivity contribution is 9.10. The third-order valence-electron chi connectivity index (χ3n) is 3.91. The number of aromatic nitrogens is 2. The summed E-state index contributed by atoms with van der Waals surface area (Å²) in [6, 6.07) is 5.97. The highest BCUT2D eigenvalue weighted by atomic mass is 79.9. The van der Waals surface area contributed by atoms with Gasteiger partial charge in [0, 0.05) is 35.6 Å². The molecule has 0 amide bonds. The number of hydrogen-bond donors (Lipinski definition) is 1. The van der Waals surface area contributed by atoms with Gasteiger partial charge in [-0.25, -0.2) is 0 Å². The molecule has 118 valence electrons. The van der Waals surface area contributed by atoms with Crippen molar-refractivity contribution < 1.29 is 4.52 Å². The van der Waals surface area contributed by atoms with Gasteiger partial charge in [-0.3, -0.25) is 4.90 Å². The third kappa shape index (κ3) is 3.68. The SMILES string of the molecule is CN1CCNCC1c1noc(CCc2cc(Cl)ccc2Br)n1. The van der Waals surface area contributed by atoms with Gasteiger partial charge in [0.25, 0.3) is 0 Å². The van der Waals surface area contributed by atoms with Crippen LogP contribution in [0.25, 0.3) is 0 Å². The number of aryl methyl sites for hydroxylation is 2. The monoisotopic (exact) mass is 384 g/mol. The molecular formula is C15H18BrClN4O. The Bertz CT molecular complexity index is 648. The Labute approximate surface area is 143 Å². The summed E-state index contributed by atoms with van der Waals surface area (Å²) < 4.78 is 6.44. The Kier molecular flexibility index (Phi) is 5.13. The van der Waals surface area contributed by atoms with Crippen LogP contribution in [0.3, 0.4) is 0 Å². The fraction of sp³-hybridized carbons (Fsp3) is 0.467. The van der Waals surface area contributed by atoms with Crippen LogP contribution in [-0.2, 0) is 12.8 Å². The second kappa shape index (κ2) is 7.08. The summed E-state index contributed by atoms with van der Waals surface area (Å²) in [6.07, 6.45) is 1.51. The van der Waals surface area contributed by atoms with E-state index in [0.29, 0.717) is 12.3 Å². The molecular weight excluding hydrogens is 368 g/mol. The molecule has 5 nitrogen and oxygen atoms in total. The van der Waals surface area contributed by atoms with Gasteiger partial charge >= 0.3 is 0 Å². The molecule has 1 aromatic heterocycles. The van der Waals surface area contributed by atoms with Crippen LogP contribution >= 0.6 is 27.5 Å². The maximum absolute atomic E-state index is 6.04. The van der Waals surface area contributed by atoms with E-state index in [1.54, 1.807) is 0 Å². The van der Waals surface area contributed by atoms with Crippen molar-refractivity contribution >= 4 is 27.5 Å². The minimum Gasteiger partial charge on any atom is -0.339 e. The summed E-state index contributed by atoms with van der Waals surface area (Å²) in [6.45, 7) is 2.85. The molecule has 1 N–H and O–H groups in total. The molecule has 1 saturated heterocycles. The Hall–Kier alpha value is -0.950. The predicted molar refractivity (Wildman–Crippen MR) is 89.1 cm³/mol. The van der Waals surface area contributed by atoms with Crippen LogP contribution in [-0.4, -0.2) is 41.7 Å². The Morgan fingerprint density at radius 2 is 2.32 bits per heavy atom. The lowest BCUT2D eigenvalue weighted by atomic mass is 10.1. The van der Waals surface area contributed by atoms with Crippen molar-refractivity contribution in [2.45, 2.75) is 18.9 Å². The van der Waals surface area contributed by atoms with Crippen LogP contribution in [0, 0.1) is 0 Å². The molecule has 3 rings (SSSR count). The lowest BCUT2D eigenvalue weighted by Gasteiger charge is -2.30. The fourth-order valence-corrected chi connectivity index (χ4v) is 3.22. The Balaban J connectivity index is 1.65. The normalized spacial score (nSPS) is 19.5. The van der Waals surface area contributed by atoms with Crippen molar-refractivity contribution in [1.29, 1.82) is 0 Å².